The Bertz CT molecular complexity index is 1010. The summed E-state index contributed by atoms with van der Waals surface area (Å²) in [5, 5.41) is 11.3. The van der Waals surface area contributed by atoms with Crippen LogP contribution in [0.1, 0.15) is 27.8 Å². The van der Waals surface area contributed by atoms with E-state index in [0.717, 1.165) is 6.42 Å². The van der Waals surface area contributed by atoms with Crippen LogP contribution in [0.25, 0.3) is 0 Å². The van der Waals surface area contributed by atoms with E-state index in [9.17, 15) is 9.59 Å². The fourth-order valence-electron chi connectivity index (χ4n) is 3.53. The van der Waals surface area contributed by atoms with E-state index in [1.807, 2.05) is 11.0 Å². The number of nitrogens with zero attached hydrogens (tertiary/aromatic N) is 3. The van der Waals surface area contributed by atoms with E-state index >= 15 is 0 Å². The topological polar surface area (TPSA) is 80.2 Å². The van der Waals surface area contributed by atoms with E-state index in [4.69, 9.17) is 4.74 Å². The maximum Gasteiger partial charge on any atom is 0.343 e. The summed E-state index contributed by atoms with van der Waals surface area (Å²) in [6.07, 6.45) is 1.60. The summed E-state index contributed by atoms with van der Waals surface area (Å²) in [7, 11) is 1.63. The molecule has 0 fully saturated rings. The number of thiophene rings is 2. The van der Waals surface area contributed by atoms with Crippen molar-refractivity contribution in [2.75, 3.05) is 26.0 Å². The lowest BCUT2D eigenvalue weighted by Gasteiger charge is -2.35. The van der Waals surface area contributed by atoms with Gasteiger partial charge in [-0.05, 0) is 41.3 Å². The Labute approximate surface area is 180 Å². The van der Waals surface area contributed by atoms with Gasteiger partial charge in [0.2, 0.25) is 5.91 Å². The molecule has 154 valence electrons. The number of hydrogen-bond acceptors (Lipinski definition) is 7. The zero-order valence-electron chi connectivity index (χ0n) is 16.0. The van der Waals surface area contributed by atoms with Gasteiger partial charge in [-0.25, -0.2) is 9.89 Å². The number of amides is 1. The third-order valence-electron chi connectivity index (χ3n) is 4.88. The maximum atomic E-state index is 13.2. The third kappa shape index (κ3) is 4.35. The molecule has 29 heavy (non-hydrogen) atoms. The molecule has 3 aromatic heterocycles. The van der Waals surface area contributed by atoms with Crippen LogP contribution in [0.4, 0.5) is 0 Å². The average Bonchev–Trinajstić information content (AvgIpc) is 3.47. The van der Waals surface area contributed by atoms with Crippen LogP contribution in [0, 0.1) is 0 Å². The van der Waals surface area contributed by atoms with Crippen LogP contribution in [-0.2, 0) is 22.5 Å². The van der Waals surface area contributed by atoms with Gasteiger partial charge in [0.25, 0.3) is 0 Å². The number of nitrogens with one attached hydrogen (secondary N) is 1. The van der Waals surface area contributed by atoms with E-state index < -0.39 is 0 Å². The number of ether oxygens (including phenoxy) is 1. The van der Waals surface area contributed by atoms with E-state index in [-0.39, 0.29) is 23.4 Å². The molecule has 0 aliphatic carbocycles. The normalized spacial score (nSPS) is 16.2. The molecule has 0 spiro atoms. The summed E-state index contributed by atoms with van der Waals surface area (Å²) in [5.41, 5.74) is 0.978. The van der Waals surface area contributed by atoms with Gasteiger partial charge in [0.1, 0.15) is 0 Å². The van der Waals surface area contributed by atoms with Crippen LogP contribution >= 0.6 is 34.4 Å². The molecule has 0 unspecified atom stereocenters. The first-order valence-electron chi connectivity index (χ1n) is 9.35. The number of hydrogen-bond donors (Lipinski definition) is 1. The molecule has 0 radical (unpaired) electrons. The van der Waals surface area contributed by atoms with Crippen LogP contribution in [0.15, 0.2) is 38.9 Å². The summed E-state index contributed by atoms with van der Waals surface area (Å²) < 4.78 is 6.63. The molecular formula is C19H22N4O3S3. The molecule has 4 heterocycles. The number of methoxy groups -OCH3 is 1. The van der Waals surface area contributed by atoms with Gasteiger partial charge in [0.15, 0.2) is 5.16 Å². The Hall–Kier alpha value is -1.88. The molecule has 0 aromatic carbocycles. The molecule has 1 amide bonds. The van der Waals surface area contributed by atoms with Crippen molar-refractivity contribution in [3.05, 3.63) is 54.8 Å². The molecular weight excluding hydrogens is 428 g/mol. The maximum absolute atomic E-state index is 13.2. The van der Waals surface area contributed by atoms with Gasteiger partial charge in [0, 0.05) is 36.6 Å². The van der Waals surface area contributed by atoms with Crippen LogP contribution in [-0.4, -0.2) is 51.6 Å². The predicted octanol–water partition coefficient (Wildman–Crippen LogP) is 3.00. The Morgan fingerprint density at radius 1 is 1.38 bits per heavy atom. The minimum atomic E-state index is -0.256. The van der Waals surface area contributed by atoms with Crippen molar-refractivity contribution in [1.29, 1.82) is 0 Å². The lowest BCUT2D eigenvalue weighted by atomic mass is 9.98. The molecule has 1 aliphatic rings. The molecule has 7 nitrogen and oxygen atoms in total. The van der Waals surface area contributed by atoms with Gasteiger partial charge in [-0.2, -0.15) is 0 Å². The first-order valence-corrected chi connectivity index (χ1v) is 12.1. The highest BCUT2D eigenvalue weighted by atomic mass is 32.2. The molecule has 1 aliphatic heterocycles. The van der Waals surface area contributed by atoms with Crippen LogP contribution in [0.3, 0.4) is 0 Å². The quantitative estimate of drug-likeness (QED) is 0.422. The van der Waals surface area contributed by atoms with Crippen molar-refractivity contribution in [3.63, 3.8) is 0 Å². The first-order chi connectivity index (χ1) is 14.2. The van der Waals surface area contributed by atoms with Crippen molar-refractivity contribution in [2.24, 2.45) is 0 Å². The molecule has 10 heteroatoms. The van der Waals surface area contributed by atoms with E-state index in [1.54, 1.807) is 34.4 Å². The second-order valence-corrected chi connectivity index (χ2v) is 9.57. The van der Waals surface area contributed by atoms with Gasteiger partial charge in [-0.1, -0.05) is 17.8 Å². The lowest BCUT2D eigenvalue weighted by molar-refractivity contribution is -0.130. The Kier molecular flexibility index (Phi) is 6.53. The van der Waals surface area contributed by atoms with Gasteiger partial charge >= 0.3 is 5.69 Å². The minimum Gasteiger partial charge on any atom is -0.385 e. The highest BCUT2D eigenvalue weighted by Gasteiger charge is 2.33. The van der Waals surface area contributed by atoms with E-state index in [1.165, 1.54) is 27.1 Å². The molecule has 3 aromatic rings. The Balaban J connectivity index is 1.48. The number of rotatable bonds is 8. The highest BCUT2D eigenvalue weighted by molar-refractivity contribution is 7.99. The molecule has 0 saturated heterocycles. The van der Waals surface area contributed by atoms with Gasteiger partial charge in [0.05, 0.1) is 11.8 Å². The van der Waals surface area contributed by atoms with Crippen molar-refractivity contribution < 1.29 is 9.53 Å². The number of H-pyrrole nitrogens is 1. The smallest absolute Gasteiger partial charge is 0.343 e. The van der Waals surface area contributed by atoms with E-state index in [0.29, 0.717) is 31.3 Å². The predicted molar refractivity (Wildman–Crippen MR) is 116 cm³/mol. The number of aromatic amines is 1. The van der Waals surface area contributed by atoms with Crippen molar-refractivity contribution in [2.45, 2.75) is 30.6 Å². The monoisotopic (exact) mass is 450 g/mol. The summed E-state index contributed by atoms with van der Waals surface area (Å²) in [6.45, 7) is 1.79. The SMILES string of the molecule is COCCCn1c(SCC(=O)N2CCc3sccc3[C@H]2c2cccs2)n[nH]c1=O. The number of fused-ring (bicyclic) bond motifs is 1. The standard InChI is InChI=1S/C19H22N4O3S3/c1-26-9-3-7-23-18(25)20-21-19(23)29-12-16(24)22-8-5-14-13(6-11-28-14)17(22)15-4-2-10-27-15/h2,4,6,10-11,17H,3,5,7-9,12H2,1H3,(H,20,25)/t17-/m0/s1. The second kappa shape index (κ2) is 9.29. The van der Waals surface area contributed by atoms with Crippen LogP contribution in [0.2, 0.25) is 0 Å². The second-order valence-electron chi connectivity index (χ2n) is 6.65. The molecule has 0 saturated carbocycles. The fraction of sp³-hybridized carbons (Fsp3) is 0.421. The lowest BCUT2D eigenvalue weighted by Crippen LogP contribution is -2.40. The minimum absolute atomic E-state index is 0.0267. The molecule has 0 bridgehead atoms. The van der Waals surface area contributed by atoms with Crippen molar-refractivity contribution >= 4 is 40.3 Å². The summed E-state index contributed by atoms with van der Waals surface area (Å²) in [4.78, 5) is 29.7. The fourth-order valence-corrected chi connectivity index (χ4v) is 6.14. The van der Waals surface area contributed by atoms with Gasteiger partial charge in [-0.15, -0.1) is 27.8 Å². The molecule has 1 N–H and O–H groups in total. The number of thioether (sulfide) groups is 1. The van der Waals surface area contributed by atoms with Crippen molar-refractivity contribution in [3.8, 4) is 0 Å². The molecule has 1 atom stereocenters. The average molecular weight is 451 g/mol. The zero-order valence-corrected chi connectivity index (χ0v) is 18.4. The van der Waals surface area contributed by atoms with Crippen molar-refractivity contribution in [1.82, 2.24) is 19.7 Å². The Morgan fingerprint density at radius 3 is 3.07 bits per heavy atom. The molecule has 4 rings (SSSR count). The van der Waals surface area contributed by atoms with Gasteiger partial charge in [-0.3, -0.25) is 9.36 Å². The number of carbonyl (C=O) groups is 1. The highest BCUT2D eigenvalue weighted by Crippen LogP contribution is 2.39. The van der Waals surface area contributed by atoms with Crippen LogP contribution < -0.4 is 5.69 Å². The van der Waals surface area contributed by atoms with Gasteiger partial charge < -0.3 is 9.64 Å². The van der Waals surface area contributed by atoms with Crippen LogP contribution in [0.5, 0.6) is 0 Å². The largest absolute Gasteiger partial charge is 0.385 e. The summed E-state index contributed by atoms with van der Waals surface area (Å²) >= 11 is 4.75. The number of carbonyl (C=O) groups excluding carboxylic acids is 1. The summed E-state index contributed by atoms with van der Waals surface area (Å²) in [6, 6.07) is 6.23. The number of aromatic nitrogens is 3. The van der Waals surface area contributed by atoms with E-state index in [2.05, 4.69) is 33.1 Å². The zero-order chi connectivity index (χ0) is 20.2. The third-order valence-corrected chi connectivity index (χ3v) is 7.76. The summed E-state index contributed by atoms with van der Waals surface area (Å²) in [5.74, 6) is 0.305. The first kappa shape index (κ1) is 20.4. The Morgan fingerprint density at radius 2 is 2.28 bits per heavy atom.